The Labute approximate surface area is 143 Å². The van der Waals surface area contributed by atoms with Gasteiger partial charge in [0, 0.05) is 0 Å². The van der Waals surface area contributed by atoms with E-state index in [0.29, 0.717) is 11.4 Å². The molecule has 0 bridgehead atoms. The molecule has 1 aliphatic heterocycles. The lowest BCUT2D eigenvalue weighted by Gasteiger charge is -2.23. The van der Waals surface area contributed by atoms with Crippen LogP contribution in [0.15, 0.2) is 41.3 Å². The predicted molar refractivity (Wildman–Crippen MR) is 89.1 cm³/mol. The molecule has 0 saturated heterocycles. The van der Waals surface area contributed by atoms with Crippen LogP contribution in [-0.4, -0.2) is 25.5 Å². The Bertz CT molecular complexity index is 929. The van der Waals surface area contributed by atoms with Gasteiger partial charge in [0.2, 0.25) is 0 Å². The molecule has 1 aliphatic rings. The van der Waals surface area contributed by atoms with Crippen LogP contribution in [0.2, 0.25) is 5.02 Å². The smallest absolute Gasteiger partial charge is 0.265 e. The molecule has 7 nitrogen and oxygen atoms in total. The van der Waals surface area contributed by atoms with Gasteiger partial charge in [-0.2, -0.15) is 0 Å². The molecular formula is C15H13ClN2O5S. The normalized spacial score (nSPS) is 16.8. The van der Waals surface area contributed by atoms with Crippen molar-refractivity contribution in [1.29, 1.82) is 0 Å². The average molecular weight is 369 g/mol. The number of aromatic hydroxyl groups is 1. The highest BCUT2D eigenvalue weighted by Gasteiger charge is 2.25. The number of halogens is 1. The minimum atomic E-state index is -4.06. The third kappa shape index (κ3) is 2.98. The summed E-state index contributed by atoms with van der Waals surface area (Å²) in [6.07, 6.45) is -0.622. The molecule has 0 aliphatic carbocycles. The minimum absolute atomic E-state index is 0.0713. The number of nitrogens with one attached hydrogen (secondary N) is 2. The average Bonchev–Trinajstić information content (AvgIpc) is 2.51. The second-order valence-electron chi connectivity index (χ2n) is 5.15. The van der Waals surface area contributed by atoms with Crippen molar-refractivity contribution in [3.05, 3.63) is 41.4 Å². The van der Waals surface area contributed by atoms with E-state index in [0.717, 1.165) is 0 Å². The number of fused-ring (bicyclic) bond motifs is 1. The Morgan fingerprint density at radius 2 is 2.04 bits per heavy atom. The van der Waals surface area contributed by atoms with E-state index >= 15 is 0 Å². The van der Waals surface area contributed by atoms with Gasteiger partial charge in [0.15, 0.2) is 11.9 Å². The summed E-state index contributed by atoms with van der Waals surface area (Å²) in [5, 5.41) is 12.4. The molecule has 3 rings (SSSR count). The summed E-state index contributed by atoms with van der Waals surface area (Å²) in [4.78, 5) is 11.3. The van der Waals surface area contributed by atoms with Crippen molar-refractivity contribution in [1.82, 2.24) is 0 Å². The van der Waals surface area contributed by atoms with Gasteiger partial charge in [-0.3, -0.25) is 9.52 Å². The molecule has 1 amide bonds. The summed E-state index contributed by atoms with van der Waals surface area (Å²) in [7, 11) is -4.06. The maximum Gasteiger partial charge on any atom is 0.265 e. The van der Waals surface area contributed by atoms with E-state index in [-0.39, 0.29) is 21.5 Å². The van der Waals surface area contributed by atoms with Crippen LogP contribution in [0.25, 0.3) is 0 Å². The Morgan fingerprint density at radius 1 is 1.29 bits per heavy atom. The Morgan fingerprint density at radius 3 is 2.79 bits per heavy atom. The van der Waals surface area contributed by atoms with Crippen molar-refractivity contribution in [3.8, 4) is 11.5 Å². The van der Waals surface area contributed by atoms with Crippen molar-refractivity contribution in [2.45, 2.75) is 17.9 Å². The topological polar surface area (TPSA) is 105 Å². The number of benzene rings is 2. The Kier molecular flexibility index (Phi) is 4.02. The van der Waals surface area contributed by atoms with Gasteiger partial charge in [-0.1, -0.05) is 17.7 Å². The van der Waals surface area contributed by atoms with Crippen molar-refractivity contribution >= 4 is 38.9 Å². The summed E-state index contributed by atoms with van der Waals surface area (Å²) in [6, 6.07) is 8.48. The molecule has 1 unspecified atom stereocenters. The number of rotatable bonds is 3. The lowest BCUT2D eigenvalue weighted by molar-refractivity contribution is -0.122. The fourth-order valence-electron chi connectivity index (χ4n) is 2.19. The molecule has 126 valence electrons. The lowest BCUT2D eigenvalue weighted by Crippen LogP contribution is -2.34. The third-order valence-corrected chi connectivity index (χ3v) is 5.12. The third-order valence-electron chi connectivity index (χ3n) is 3.40. The first-order valence-corrected chi connectivity index (χ1v) is 8.76. The number of amides is 1. The maximum absolute atomic E-state index is 12.4. The molecule has 3 N–H and O–H groups in total. The molecular weight excluding hydrogens is 356 g/mol. The van der Waals surface area contributed by atoms with Crippen LogP contribution < -0.4 is 14.8 Å². The number of carbonyl (C=O) groups excluding carboxylic acids is 1. The Hall–Kier alpha value is -2.45. The highest BCUT2D eigenvalue weighted by Crippen LogP contribution is 2.35. The zero-order valence-corrected chi connectivity index (χ0v) is 14.0. The standard InChI is InChI=1S/C15H13ClN2O5S/c1-8-15(20)17-11-7-9(5-6-12(11)23-8)18-24(21,22)13-4-2-3-10(16)14(13)19/h2-8,18-19H,1H3,(H,17,20). The number of carbonyl (C=O) groups is 1. The van der Waals surface area contributed by atoms with E-state index in [4.69, 9.17) is 16.3 Å². The summed E-state index contributed by atoms with van der Waals surface area (Å²) in [5.41, 5.74) is 0.556. The van der Waals surface area contributed by atoms with Gasteiger partial charge in [-0.05, 0) is 37.3 Å². The highest BCUT2D eigenvalue weighted by atomic mass is 35.5. The van der Waals surface area contributed by atoms with Crippen molar-refractivity contribution in [2.75, 3.05) is 10.0 Å². The van der Waals surface area contributed by atoms with Crippen molar-refractivity contribution in [3.63, 3.8) is 0 Å². The van der Waals surface area contributed by atoms with E-state index in [2.05, 4.69) is 10.0 Å². The van der Waals surface area contributed by atoms with Crippen molar-refractivity contribution in [2.24, 2.45) is 0 Å². The molecule has 2 aromatic carbocycles. The second kappa shape index (κ2) is 5.88. The van der Waals surface area contributed by atoms with Crippen molar-refractivity contribution < 1.29 is 23.1 Å². The van der Waals surface area contributed by atoms with Crippen LogP contribution in [0.3, 0.4) is 0 Å². The molecule has 2 aromatic rings. The molecule has 1 heterocycles. The first-order valence-electron chi connectivity index (χ1n) is 6.90. The first-order chi connectivity index (χ1) is 11.3. The van der Waals surface area contributed by atoms with E-state index in [1.807, 2.05) is 0 Å². The fraction of sp³-hybridized carbons (Fsp3) is 0.133. The van der Waals surface area contributed by atoms with E-state index in [9.17, 15) is 18.3 Å². The zero-order chi connectivity index (χ0) is 17.5. The molecule has 24 heavy (non-hydrogen) atoms. The molecule has 0 spiro atoms. The monoisotopic (exact) mass is 368 g/mol. The van der Waals surface area contributed by atoms with Gasteiger partial charge in [0.25, 0.3) is 15.9 Å². The number of para-hydroxylation sites is 1. The SMILES string of the molecule is CC1Oc2ccc(NS(=O)(=O)c3cccc(Cl)c3O)cc2NC1=O. The lowest BCUT2D eigenvalue weighted by atomic mass is 10.2. The largest absolute Gasteiger partial charge is 0.505 e. The Balaban J connectivity index is 1.93. The maximum atomic E-state index is 12.4. The second-order valence-corrected chi connectivity index (χ2v) is 7.21. The summed E-state index contributed by atoms with van der Waals surface area (Å²) in [5.74, 6) is -0.416. The molecule has 0 saturated carbocycles. The number of hydrogen-bond donors (Lipinski definition) is 3. The van der Waals surface area contributed by atoms with Gasteiger partial charge < -0.3 is 15.2 Å². The van der Waals surface area contributed by atoms with Crippen LogP contribution in [0, 0.1) is 0 Å². The fourth-order valence-corrected chi connectivity index (χ4v) is 3.59. The molecule has 9 heteroatoms. The van der Waals surface area contributed by atoms with Gasteiger partial charge in [0.05, 0.1) is 16.4 Å². The van der Waals surface area contributed by atoms with E-state index < -0.39 is 21.9 Å². The van der Waals surface area contributed by atoms with E-state index in [1.54, 1.807) is 13.0 Å². The first kappa shape index (κ1) is 16.4. The highest BCUT2D eigenvalue weighted by molar-refractivity contribution is 7.92. The molecule has 0 aromatic heterocycles. The number of sulfonamides is 1. The molecule has 0 radical (unpaired) electrons. The summed E-state index contributed by atoms with van der Waals surface area (Å²) in [6.45, 7) is 1.61. The van der Waals surface area contributed by atoms with Crippen LogP contribution in [0.4, 0.5) is 11.4 Å². The van der Waals surface area contributed by atoms with Crippen LogP contribution in [0.5, 0.6) is 11.5 Å². The quantitative estimate of drug-likeness (QED) is 0.772. The van der Waals surface area contributed by atoms with Gasteiger partial charge in [-0.25, -0.2) is 8.42 Å². The van der Waals surface area contributed by atoms with E-state index in [1.165, 1.54) is 30.3 Å². The predicted octanol–water partition coefficient (Wildman–Crippen LogP) is 2.57. The summed E-state index contributed by atoms with van der Waals surface area (Å²) >= 11 is 5.74. The number of ether oxygens (including phenoxy) is 1. The van der Waals surface area contributed by atoms with Crippen LogP contribution in [0.1, 0.15) is 6.92 Å². The summed E-state index contributed by atoms with van der Waals surface area (Å²) < 4.78 is 32.5. The number of hydrogen-bond acceptors (Lipinski definition) is 5. The number of phenols is 1. The zero-order valence-electron chi connectivity index (χ0n) is 12.4. The number of phenolic OH excluding ortho intramolecular Hbond substituents is 1. The van der Waals surface area contributed by atoms with Crippen LogP contribution >= 0.6 is 11.6 Å². The number of anilines is 2. The van der Waals surface area contributed by atoms with Gasteiger partial charge in [-0.15, -0.1) is 0 Å². The molecule has 0 fully saturated rings. The minimum Gasteiger partial charge on any atom is -0.505 e. The van der Waals surface area contributed by atoms with Crippen LogP contribution in [-0.2, 0) is 14.8 Å². The van der Waals surface area contributed by atoms with Gasteiger partial charge >= 0.3 is 0 Å². The molecule has 1 atom stereocenters. The van der Waals surface area contributed by atoms with Gasteiger partial charge in [0.1, 0.15) is 10.6 Å².